The summed E-state index contributed by atoms with van der Waals surface area (Å²) < 4.78 is 16.9. The number of ether oxygens (including phenoxy) is 3. The van der Waals surface area contributed by atoms with Crippen molar-refractivity contribution in [2.45, 2.75) is 38.3 Å². The highest BCUT2D eigenvalue weighted by molar-refractivity contribution is 5.68. The Balaban J connectivity index is 1.97. The third-order valence-electron chi connectivity index (χ3n) is 3.77. The van der Waals surface area contributed by atoms with E-state index < -0.39 is 5.97 Å². The summed E-state index contributed by atoms with van der Waals surface area (Å²) in [5.41, 5.74) is 0. The number of hydrogen-bond donors (Lipinski definition) is 2. The molecule has 0 amide bonds. The molecule has 0 bridgehead atoms. The number of carboxylic acids is 1. The smallest absolute Gasteiger partial charge is 0.329 e. The van der Waals surface area contributed by atoms with Crippen LogP contribution in [0.5, 0.6) is 11.5 Å². The largest absolute Gasteiger partial charge is 0.490 e. The highest BCUT2D eigenvalue weighted by atomic mass is 16.6. The van der Waals surface area contributed by atoms with E-state index in [1.165, 1.54) is 0 Å². The highest BCUT2D eigenvalue weighted by Crippen LogP contribution is 2.27. The maximum absolute atomic E-state index is 10.8. The molecule has 2 unspecified atom stereocenters. The van der Waals surface area contributed by atoms with Crippen molar-refractivity contribution in [3.8, 4) is 11.5 Å². The van der Waals surface area contributed by atoms with Gasteiger partial charge in [-0.15, -0.1) is 0 Å². The maximum Gasteiger partial charge on any atom is 0.329 e. The van der Waals surface area contributed by atoms with E-state index in [-0.39, 0.29) is 25.4 Å². The van der Waals surface area contributed by atoms with Crippen molar-refractivity contribution < 1.29 is 24.1 Å². The van der Waals surface area contributed by atoms with Gasteiger partial charge in [-0.3, -0.25) is 0 Å². The van der Waals surface area contributed by atoms with Crippen LogP contribution >= 0.6 is 0 Å². The zero-order valence-corrected chi connectivity index (χ0v) is 13.5. The summed E-state index contributed by atoms with van der Waals surface area (Å²) in [6.45, 7) is 3.37. The molecule has 1 aliphatic heterocycles. The number of carboxylic acid groups (broad SMARTS) is 1. The molecule has 6 heteroatoms. The van der Waals surface area contributed by atoms with Crippen molar-refractivity contribution >= 4 is 5.97 Å². The molecule has 0 saturated carbocycles. The number of piperidine rings is 1. The average Bonchev–Trinajstić information content (AvgIpc) is 2.57. The molecule has 1 aromatic rings. The number of benzene rings is 1. The van der Waals surface area contributed by atoms with E-state index in [0.29, 0.717) is 18.1 Å². The fraction of sp³-hybridized carbons (Fsp3) is 0.588. The number of rotatable bonds is 9. The normalized spacial score (nSPS) is 19.1. The minimum atomic E-state index is -0.972. The summed E-state index contributed by atoms with van der Waals surface area (Å²) in [6, 6.07) is 7.57. The van der Waals surface area contributed by atoms with Crippen molar-refractivity contribution in [1.29, 1.82) is 0 Å². The summed E-state index contributed by atoms with van der Waals surface area (Å²) >= 11 is 0. The van der Waals surface area contributed by atoms with Crippen LogP contribution in [0, 0.1) is 0 Å². The summed E-state index contributed by atoms with van der Waals surface area (Å²) in [7, 11) is 0. The summed E-state index contributed by atoms with van der Waals surface area (Å²) in [4.78, 5) is 10.8. The van der Waals surface area contributed by atoms with Gasteiger partial charge in [-0.1, -0.05) is 18.6 Å². The van der Waals surface area contributed by atoms with Gasteiger partial charge < -0.3 is 24.6 Å². The van der Waals surface area contributed by atoms with Crippen LogP contribution in [-0.2, 0) is 9.53 Å². The van der Waals surface area contributed by atoms with E-state index in [4.69, 9.17) is 19.3 Å². The Hall–Kier alpha value is -1.79. The van der Waals surface area contributed by atoms with Gasteiger partial charge in [0.15, 0.2) is 11.5 Å². The number of para-hydroxylation sites is 2. The molecule has 2 atom stereocenters. The average molecular weight is 323 g/mol. The van der Waals surface area contributed by atoms with E-state index >= 15 is 0 Å². The lowest BCUT2D eigenvalue weighted by Crippen LogP contribution is -2.47. The van der Waals surface area contributed by atoms with Crippen LogP contribution < -0.4 is 14.8 Å². The lowest BCUT2D eigenvalue weighted by atomic mass is 10.0. The SMILES string of the molecule is CCOc1ccccc1OCC(OCC(=O)O)C1CCCCN1. The minimum absolute atomic E-state index is 0.113. The van der Waals surface area contributed by atoms with Crippen molar-refractivity contribution in [2.75, 3.05) is 26.4 Å². The Morgan fingerprint density at radius 2 is 2.04 bits per heavy atom. The third kappa shape index (κ3) is 5.73. The lowest BCUT2D eigenvalue weighted by molar-refractivity contribution is -0.145. The Bertz CT molecular complexity index is 488. The quantitative estimate of drug-likeness (QED) is 0.724. The lowest BCUT2D eigenvalue weighted by Gasteiger charge is -2.31. The van der Waals surface area contributed by atoms with Crippen LogP contribution in [0.3, 0.4) is 0 Å². The Labute approximate surface area is 136 Å². The molecule has 0 aromatic heterocycles. The molecule has 1 heterocycles. The molecule has 0 aliphatic carbocycles. The molecule has 0 spiro atoms. The van der Waals surface area contributed by atoms with E-state index in [1.54, 1.807) is 0 Å². The molecular formula is C17H25NO5. The third-order valence-corrected chi connectivity index (χ3v) is 3.77. The van der Waals surface area contributed by atoms with E-state index in [2.05, 4.69) is 5.32 Å². The van der Waals surface area contributed by atoms with Gasteiger partial charge in [0.1, 0.15) is 19.3 Å². The van der Waals surface area contributed by atoms with E-state index in [0.717, 1.165) is 25.8 Å². The second-order valence-electron chi connectivity index (χ2n) is 5.49. The second-order valence-corrected chi connectivity index (χ2v) is 5.49. The Kier molecular flexibility index (Phi) is 7.16. The van der Waals surface area contributed by atoms with E-state index in [9.17, 15) is 4.79 Å². The van der Waals surface area contributed by atoms with Crippen LogP contribution in [-0.4, -0.2) is 49.6 Å². The van der Waals surface area contributed by atoms with Crippen LogP contribution in [0.2, 0.25) is 0 Å². The molecule has 1 fully saturated rings. The van der Waals surface area contributed by atoms with Crippen LogP contribution in [0.1, 0.15) is 26.2 Å². The number of hydrogen-bond acceptors (Lipinski definition) is 5. The second kappa shape index (κ2) is 9.37. The highest BCUT2D eigenvalue weighted by Gasteiger charge is 2.25. The first-order valence-corrected chi connectivity index (χ1v) is 8.12. The molecule has 128 valence electrons. The van der Waals surface area contributed by atoms with Crippen LogP contribution in [0.25, 0.3) is 0 Å². The molecular weight excluding hydrogens is 298 g/mol. The molecule has 0 radical (unpaired) electrons. The molecule has 2 rings (SSSR count). The van der Waals surface area contributed by atoms with Crippen molar-refractivity contribution in [3.05, 3.63) is 24.3 Å². The molecule has 2 N–H and O–H groups in total. The fourth-order valence-electron chi connectivity index (χ4n) is 2.67. The number of aliphatic carboxylic acids is 1. The first-order valence-electron chi connectivity index (χ1n) is 8.12. The van der Waals surface area contributed by atoms with Gasteiger partial charge in [0.25, 0.3) is 0 Å². The number of carbonyl (C=O) groups is 1. The Morgan fingerprint density at radius 1 is 1.30 bits per heavy atom. The predicted molar refractivity (Wildman–Crippen MR) is 86.1 cm³/mol. The first kappa shape index (κ1) is 17.6. The van der Waals surface area contributed by atoms with Crippen molar-refractivity contribution in [2.24, 2.45) is 0 Å². The molecule has 1 aliphatic rings. The molecule has 1 aromatic carbocycles. The van der Waals surface area contributed by atoms with Gasteiger partial charge in [0, 0.05) is 6.04 Å². The maximum atomic E-state index is 10.8. The van der Waals surface area contributed by atoms with Gasteiger partial charge in [0.05, 0.1) is 6.61 Å². The molecule has 23 heavy (non-hydrogen) atoms. The molecule has 6 nitrogen and oxygen atoms in total. The van der Waals surface area contributed by atoms with Crippen molar-refractivity contribution in [1.82, 2.24) is 5.32 Å². The number of nitrogens with one attached hydrogen (secondary N) is 1. The Morgan fingerprint density at radius 3 is 2.65 bits per heavy atom. The van der Waals surface area contributed by atoms with Gasteiger partial charge in [-0.2, -0.15) is 0 Å². The van der Waals surface area contributed by atoms with Gasteiger partial charge >= 0.3 is 5.97 Å². The summed E-state index contributed by atoms with van der Waals surface area (Å²) in [5.74, 6) is 0.359. The summed E-state index contributed by atoms with van der Waals surface area (Å²) in [5, 5.41) is 12.2. The minimum Gasteiger partial charge on any atom is -0.490 e. The standard InChI is InChI=1S/C17H25NO5/c1-2-21-14-8-3-4-9-15(14)22-11-16(23-12-17(19)20)13-7-5-6-10-18-13/h3-4,8-9,13,16,18H,2,5-7,10-12H2,1H3,(H,19,20). The van der Waals surface area contributed by atoms with Crippen LogP contribution in [0.4, 0.5) is 0 Å². The topological polar surface area (TPSA) is 77.0 Å². The van der Waals surface area contributed by atoms with E-state index in [1.807, 2.05) is 31.2 Å². The molecule has 1 saturated heterocycles. The monoisotopic (exact) mass is 323 g/mol. The van der Waals surface area contributed by atoms with Gasteiger partial charge in [-0.05, 0) is 38.4 Å². The van der Waals surface area contributed by atoms with Gasteiger partial charge in [0.2, 0.25) is 0 Å². The van der Waals surface area contributed by atoms with Gasteiger partial charge in [-0.25, -0.2) is 4.79 Å². The zero-order valence-electron chi connectivity index (χ0n) is 13.5. The van der Waals surface area contributed by atoms with Crippen molar-refractivity contribution in [3.63, 3.8) is 0 Å². The summed E-state index contributed by atoms with van der Waals surface area (Å²) in [6.07, 6.45) is 2.90. The fourth-order valence-corrected chi connectivity index (χ4v) is 2.67. The predicted octanol–water partition coefficient (Wildman–Crippen LogP) is 2.08. The zero-order chi connectivity index (χ0) is 16.5. The first-order chi connectivity index (χ1) is 11.2. The van der Waals surface area contributed by atoms with Crippen LogP contribution in [0.15, 0.2) is 24.3 Å².